The van der Waals surface area contributed by atoms with E-state index >= 15 is 0 Å². The number of aliphatic imine (C=N–C) groups is 1. The van der Waals surface area contributed by atoms with Crippen molar-refractivity contribution in [3.63, 3.8) is 0 Å². The van der Waals surface area contributed by atoms with Crippen molar-refractivity contribution in [1.82, 2.24) is 0 Å². The first kappa shape index (κ1) is 20.0. The monoisotopic (exact) mass is 405 g/mol. The van der Waals surface area contributed by atoms with Gasteiger partial charge in [-0.2, -0.15) is 31.3 Å². The fourth-order valence-corrected chi connectivity index (χ4v) is 2.51. The topological polar surface area (TPSA) is 40.0 Å². The fourth-order valence-electron chi connectivity index (χ4n) is 2.51. The second-order valence-corrected chi connectivity index (χ2v) is 5.76. The van der Waals surface area contributed by atoms with Crippen LogP contribution in [0.3, 0.4) is 0 Å². The van der Waals surface area contributed by atoms with Gasteiger partial charge in [0.15, 0.2) is 0 Å². The molecular weight excluding hydrogens is 392 g/mol. The van der Waals surface area contributed by atoms with E-state index in [9.17, 15) is 26.3 Å². The zero-order chi connectivity index (χ0) is 20.6. The smallest absolute Gasteiger partial charge is 0.448 e. The van der Waals surface area contributed by atoms with Crippen LogP contribution in [-0.4, -0.2) is 31.1 Å². The quantitative estimate of drug-likeness (QED) is 0.675. The molecule has 0 bridgehead atoms. The number of halogens is 6. The molecule has 2 aromatic carbocycles. The summed E-state index contributed by atoms with van der Waals surface area (Å²) in [7, 11) is 1.36. The van der Waals surface area contributed by atoms with Crippen LogP contribution in [0.2, 0.25) is 0 Å². The molecule has 0 aliphatic carbocycles. The van der Waals surface area contributed by atoms with Crippen LogP contribution in [-0.2, 0) is 9.47 Å². The Labute approximate surface area is 155 Å². The number of hydrogen-bond donors (Lipinski definition) is 0. The van der Waals surface area contributed by atoms with E-state index in [4.69, 9.17) is 9.47 Å². The molecule has 0 aromatic heterocycles. The van der Waals surface area contributed by atoms with Gasteiger partial charge in [-0.25, -0.2) is 0 Å². The predicted octanol–water partition coefficient (Wildman–Crippen LogP) is 5.01. The van der Waals surface area contributed by atoms with E-state index in [0.29, 0.717) is 5.75 Å². The second-order valence-electron chi connectivity index (χ2n) is 5.76. The van der Waals surface area contributed by atoms with Crippen LogP contribution >= 0.6 is 0 Å². The van der Waals surface area contributed by atoms with Crippen LogP contribution in [0.4, 0.5) is 26.3 Å². The summed E-state index contributed by atoms with van der Waals surface area (Å²) in [4.78, 5) is 2.83. The summed E-state index contributed by atoms with van der Waals surface area (Å²) in [5.74, 6) is -0.475. The van der Waals surface area contributed by atoms with E-state index in [-0.39, 0.29) is 11.1 Å². The molecule has 0 N–H and O–H groups in total. The van der Waals surface area contributed by atoms with Crippen molar-refractivity contribution in [3.05, 3.63) is 65.7 Å². The molecule has 0 amide bonds. The lowest BCUT2D eigenvalue weighted by Crippen LogP contribution is -2.60. The van der Waals surface area contributed by atoms with Gasteiger partial charge in [0.2, 0.25) is 12.2 Å². The molecule has 2 aromatic rings. The van der Waals surface area contributed by atoms with E-state index in [1.165, 1.54) is 55.6 Å². The van der Waals surface area contributed by atoms with Crippen LogP contribution in [0.25, 0.3) is 0 Å². The van der Waals surface area contributed by atoms with Crippen LogP contribution < -0.4 is 4.74 Å². The molecule has 0 saturated heterocycles. The van der Waals surface area contributed by atoms with Crippen molar-refractivity contribution in [1.29, 1.82) is 0 Å². The van der Waals surface area contributed by atoms with Crippen molar-refractivity contribution in [2.75, 3.05) is 7.11 Å². The molecule has 1 heterocycles. The van der Waals surface area contributed by atoms with Gasteiger partial charge >= 0.3 is 18.1 Å². The Hall–Kier alpha value is -2.75. The third-order valence-electron chi connectivity index (χ3n) is 3.93. The lowest BCUT2D eigenvalue weighted by atomic mass is 10.1. The molecule has 0 radical (unpaired) electrons. The Morgan fingerprint density at radius 1 is 0.893 bits per heavy atom. The number of methoxy groups -OCH3 is 1. The van der Waals surface area contributed by atoms with Crippen molar-refractivity contribution >= 4 is 5.90 Å². The average molecular weight is 405 g/mol. The van der Waals surface area contributed by atoms with Crippen molar-refractivity contribution in [3.8, 4) is 5.75 Å². The molecule has 1 atom stereocenters. The molecule has 1 aliphatic heterocycles. The molecule has 1 unspecified atom stereocenters. The predicted molar refractivity (Wildman–Crippen MR) is 85.7 cm³/mol. The zero-order valence-corrected chi connectivity index (χ0v) is 14.2. The van der Waals surface area contributed by atoms with Gasteiger partial charge in [-0.05, 0) is 36.4 Å². The number of rotatable bonds is 3. The molecule has 0 saturated carbocycles. The molecule has 0 fully saturated rings. The van der Waals surface area contributed by atoms with E-state index in [1.54, 1.807) is 6.07 Å². The molecule has 4 nitrogen and oxygen atoms in total. The Bertz CT molecular complexity index is 832. The summed E-state index contributed by atoms with van der Waals surface area (Å²) in [6.07, 6.45) is -13.7. The Morgan fingerprint density at radius 2 is 1.46 bits per heavy atom. The highest BCUT2D eigenvalue weighted by molar-refractivity contribution is 5.94. The van der Waals surface area contributed by atoms with Crippen LogP contribution in [0, 0.1) is 0 Å². The van der Waals surface area contributed by atoms with Gasteiger partial charge in [0.25, 0.3) is 0 Å². The summed E-state index contributed by atoms with van der Waals surface area (Å²) in [6, 6.07) is 12.2. The average Bonchev–Trinajstić information content (AvgIpc) is 2.66. The van der Waals surface area contributed by atoms with Gasteiger partial charge in [0.1, 0.15) is 5.75 Å². The van der Waals surface area contributed by atoms with Gasteiger partial charge in [0, 0.05) is 11.1 Å². The third-order valence-corrected chi connectivity index (χ3v) is 3.93. The first-order chi connectivity index (χ1) is 13.1. The number of nitrogens with zero attached hydrogens (tertiary/aromatic N) is 1. The molecule has 3 rings (SSSR count). The van der Waals surface area contributed by atoms with E-state index in [1.807, 2.05) is 0 Å². The van der Waals surface area contributed by atoms with Gasteiger partial charge in [-0.1, -0.05) is 18.2 Å². The van der Waals surface area contributed by atoms with Crippen LogP contribution in [0.15, 0.2) is 59.6 Å². The minimum Gasteiger partial charge on any atom is -0.497 e. The minimum atomic E-state index is -5.88. The van der Waals surface area contributed by atoms with Gasteiger partial charge in [0.05, 0.1) is 7.11 Å². The first-order valence-corrected chi connectivity index (χ1v) is 7.84. The summed E-state index contributed by atoms with van der Waals surface area (Å²) in [6.45, 7) is 0. The maximum atomic E-state index is 13.6. The summed E-state index contributed by atoms with van der Waals surface area (Å²) < 4.78 is 96.0. The van der Waals surface area contributed by atoms with Crippen molar-refractivity contribution in [2.45, 2.75) is 24.4 Å². The standard InChI is InChI=1S/C18H13F6NO3/c1-26-13-9-7-12(8-10-13)15-27-14(11-5-3-2-4-6-11)25-16(28-15,17(19,20)21)18(22,23)24/h2-10,15H,1H3. The molecular formula is C18H13F6NO3. The molecule has 0 spiro atoms. The highest BCUT2D eigenvalue weighted by Crippen LogP contribution is 2.51. The molecule has 10 heteroatoms. The Kier molecular flexibility index (Phi) is 5.00. The second kappa shape index (κ2) is 7.01. The van der Waals surface area contributed by atoms with E-state index in [2.05, 4.69) is 9.73 Å². The third kappa shape index (κ3) is 3.51. The molecule has 150 valence electrons. The Morgan fingerprint density at radius 3 is 1.96 bits per heavy atom. The zero-order valence-electron chi connectivity index (χ0n) is 14.2. The Balaban J connectivity index is 2.14. The summed E-state index contributed by atoms with van der Waals surface area (Å²) >= 11 is 0. The van der Waals surface area contributed by atoms with Crippen molar-refractivity contribution in [2.24, 2.45) is 4.99 Å². The van der Waals surface area contributed by atoms with E-state index < -0.39 is 30.3 Å². The van der Waals surface area contributed by atoms with Crippen molar-refractivity contribution < 1.29 is 40.6 Å². The molecule has 1 aliphatic rings. The highest BCUT2D eigenvalue weighted by Gasteiger charge is 2.75. The number of benzene rings is 2. The fraction of sp³-hybridized carbons (Fsp3) is 0.278. The maximum Gasteiger partial charge on any atom is 0.448 e. The first-order valence-electron chi connectivity index (χ1n) is 7.84. The van der Waals surface area contributed by atoms with Gasteiger partial charge in [-0.3, -0.25) is 4.74 Å². The van der Waals surface area contributed by atoms with Crippen LogP contribution in [0.5, 0.6) is 5.75 Å². The van der Waals surface area contributed by atoms with Gasteiger partial charge in [-0.15, -0.1) is 0 Å². The van der Waals surface area contributed by atoms with E-state index in [0.717, 1.165) is 0 Å². The lowest BCUT2D eigenvalue weighted by Gasteiger charge is -2.40. The minimum absolute atomic E-state index is 0.0535. The van der Waals surface area contributed by atoms with Gasteiger partial charge < -0.3 is 9.47 Å². The maximum absolute atomic E-state index is 13.6. The van der Waals surface area contributed by atoms with Crippen LogP contribution in [0.1, 0.15) is 17.4 Å². The summed E-state index contributed by atoms with van der Waals surface area (Å²) in [5.41, 5.74) is -4.89. The normalized spacial score (nSPS) is 19.5. The SMILES string of the molecule is COc1ccc(C2OC(c3ccccc3)=NC(C(F)(F)F)(C(F)(F)F)O2)cc1. The number of alkyl halides is 6. The molecule has 28 heavy (non-hydrogen) atoms. The highest BCUT2D eigenvalue weighted by atomic mass is 19.4. The number of ether oxygens (including phenoxy) is 3. The largest absolute Gasteiger partial charge is 0.497 e. The lowest BCUT2D eigenvalue weighted by molar-refractivity contribution is -0.410. The number of hydrogen-bond acceptors (Lipinski definition) is 4. The summed E-state index contributed by atoms with van der Waals surface area (Å²) in [5, 5.41) is 0.